The summed E-state index contributed by atoms with van der Waals surface area (Å²) < 4.78 is 103. The second-order valence-electron chi connectivity index (χ2n) is 20.7. The molecule has 8 aromatic rings. The molecule has 8 aromatic carbocycles. The van der Waals surface area contributed by atoms with Gasteiger partial charge in [0.1, 0.15) is 35.8 Å². The third kappa shape index (κ3) is 11.7. The molecule has 0 atom stereocenters. The van der Waals surface area contributed by atoms with E-state index in [-0.39, 0.29) is 22.6 Å². The van der Waals surface area contributed by atoms with Crippen molar-refractivity contribution in [3.05, 3.63) is 205 Å². The molecule has 10 heterocycles. The standard InChI is InChI=1S/C24H16BO4.C14H8BO6.C12H8BO4.C6H4BO8.C4BO8/c1-5-13-21-17(9-1)18-10-2-6-14-22(18)27-25(26-21)28-23-15-7-3-11-19(23)20-12-4-8-16-24(20)29-25;16-13-9-5-1-3-7-11(9)18-15(20-13)19-12-8-4-2-6-10(12)14(17)21-15;1-2-6-10-9(5-1)14-13(15-10)16-11-7-3-4-8-12(11)17-13;8-3-1-4(9)13-7(12-3)14-5(10)2-6(11)15-7;6-1-2(7)11-5(10-1)12-3(8)4(9)13-5/h1-16H;1-8H;1-8H;1-2H2;/q5*-1. The first-order valence-corrected chi connectivity index (χ1v) is 28.4. The number of hydrogen-bond donors (Lipinski definition) is 0. The Balaban J connectivity index is 0.000000106. The Kier molecular flexibility index (Phi) is 14.5. The van der Waals surface area contributed by atoms with Crippen LogP contribution in [0.5, 0.6) is 57.5 Å². The zero-order valence-electron chi connectivity index (χ0n) is 48.0. The lowest BCUT2D eigenvalue weighted by molar-refractivity contribution is -0.178. The molecule has 0 bridgehead atoms. The molecule has 5 spiro atoms. The quantitative estimate of drug-likeness (QED) is 0.0952. The number of para-hydroxylation sites is 10. The molecule has 0 amide bonds. The Labute approximate surface area is 531 Å². The number of hydrogen-bond acceptors (Lipinski definition) is 30. The molecule has 10 aliphatic rings. The molecule has 0 aliphatic carbocycles. The third-order valence-electron chi connectivity index (χ3n) is 14.3. The van der Waals surface area contributed by atoms with Crippen LogP contribution in [0, 0.1) is 0 Å². The van der Waals surface area contributed by atoms with Crippen molar-refractivity contribution in [2.24, 2.45) is 0 Å². The largest absolute Gasteiger partial charge is 0.786 e. The highest BCUT2D eigenvalue weighted by atomic mass is 17.0. The smallest absolute Gasteiger partial charge is 0.611 e. The fourth-order valence-electron chi connectivity index (χ4n) is 10.4. The highest BCUT2D eigenvalue weighted by Gasteiger charge is 2.61. The van der Waals surface area contributed by atoms with Crippen molar-refractivity contribution in [3.63, 3.8) is 0 Å². The van der Waals surface area contributed by atoms with Crippen LogP contribution >= 0.6 is 0 Å². The lowest BCUT2D eigenvalue weighted by atomic mass is 9.96. The van der Waals surface area contributed by atoms with Gasteiger partial charge in [-0.25, -0.2) is 19.2 Å². The summed E-state index contributed by atoms with van der Waals surface area (Å²) in [5.74, 6) is -5.08. The van der Waals surface area contributed by atoms with Crippen LogP contribution in [0.15, 0.2) is 194 Å². The molecule has 0 radical (unpaired) electrons. The predicted octanol–water partition coefficient (Wildman–Crippen LogP) is 6.01. The predicted molar refractivity (Wildman–Crippen MR) is 313 cm³/mol. The van der Waals surface area contributed by atoms with Crippen LogP contribution in [0.25, 0.3) is 22.3 Å². The summed E-state index contributed by atoms with van der Waals surface area (Å²) in [5.41, 5.74) is 4.23. The average molecular weight is 1290 g/mol. The molecule has 0 saturated carbocycles. The normalized spacial score (nSPS) is 18.7. The molecule has 4 fully saturated rings. The average Bonchev–Trinajstić information content (AvgIpc) is 1.64. The van der Waals surface area contributed by atoms with Gasteiger partial charge in [0.05, 0.1) is 45.6 Å². The van der Waals surface area contributed by atoms with Crippen molar-refractivity contribution in [1.82, 2.24) is 0 Å². The maximum absolute atomic E-state index is 12.0. The first-order chi connectivity index (χ1) is 45.8. The lowest BCUT2D eigenvalue weighted by Crippen LogP contribution is -2.61. The van der Waals surface area contributed by atoms with Gasteiger partial charge in [0.2, 0.25) is 0 Å². The minimum absolute atomic E-state index is 0.251. The van der Waals surface area contributed by atoms with Crippen LogP contribution in [0.4, 0.5) is 0 Å². The Morgan fingerprint density at radius 1 is 0.168 bits per heavy atom. The molecule has 0 N–H and O–H groups in total. The molecular weight excluding hydrogens is 1250 g/mol. The van der Waals surface area contributed by atoms with Crippen LogP contribution in [0.3, 0.4) is 0 Å². The first kappa shape index (κ1) is 59.4. The van der Waals surface area contributed by atoms with E-state index in [1.807, 2.05) is 146 Å². The van der Waals surface area contributed by atoms with Gasteiger partial charge in [0.15, 0.2) is 0 Å². The molecule has 35 heteroatoms. The Hall–Kier alpha value is -13.2. The molecule has 4 saturated heterocycles. The first-order valence-electron chi connectivity index (χ1n) is 28.4. The van der Waals surface area contributed by atoms with Crippen LogP contribution in [0.1, 0.15) is 33.6 Å². The summed E-state index contributed by atoms with van der Waals surface area (Å²) in [6.45, 7) is -14.5. The number of carbonyl (C=O) groups excluding carboxylic acids is 10. The van der Waals surface area contributed by atoms with Gasteiger partial charge < -0.3 is 93.1 Å². The van der Waals surface area contributed by atoms with E-state index in [4.69, 9.17) is 55.9 Å². The third-order valence-corrected chi connectivity index (χ3v) is 14.3. The van der Waals surface area contributed by atoms with Crippen LogP contribution in [-0.2, 0) is 84.9 Å². The Morgan fingerprint density at radius 3 is 0.579 bits per heavy atom. The Bertz CT molecular complexity index is 4090. The molecule has 0 unspecified atom stereocenters. The monoisotopic (exact) mass is 1290 g/mol. The maximum Gasteiger partial charge on any atom is 0.786 e. The maximum atomic E-state index is 12.0. The van der Waals surface area contributed by atoms with Gasteiger partial charge >= 0.3 is 70.6 Å². The van der Waals surface area contributed by atoms with Crippen molar-refractivity contribution < 1.29 is 141 Å². The van der Waals surface area contributed by atoms with E-state index in [9.17, 15) is 47.9 Å². The summed E-state index contributed by atoms with van der Waals surface area (Å²) in [5, 5.41) is 0. The number of benzene rings is 8. The van der Waals surface area contributed by atoms with Crippen LogP contribution in [0.2, 0.25) is 0 Å². The summed E-state index contributed by atoms with van der Waals surface area (Å²) in [4.78, 5) is 109. The highest BCUT2D eigenvalue weighted by molar-refractivity contribution is 6.74. The summed E-state index contributed by atoms with van der Waals surface area (Å²) >= 11 is 0. The van der Waals surface area contributed by atoms with Gasteiger partial charge in [-0.2, -0.15) is 0 Å². The molecule has 18 rings (SSSR count). The fraction of sp³-hybridized carbons (Fsp3) is 0.0333. The van der Waals surface area contributed by atoms with Gasteiger partial charge in [-0.15, -0.1) is 0 Å². The fourth-order valence-corrected chi connectivity index (χ4v) is 10.4. The molecule has 0 aromatic heterocycles. The van der Waals surface area contributed by atoms with E-state index in [0.29, 0.717) is 46.0 Å². The van der Waals surface area contributed by atoms with Crippen molar-refractivity contribution in [3.8, 4) is 79.7 Å². The molecule has 476 valence electrons. The van der Waals surface area contributed by atoms with Crippen LogP contribution < -0.4 is 46.5 Å². The van der Waals surface area contributed by atoms with Gasteiger partial charge in [-0.3, -0.25) is 28.8 Å². The molecular formula is C60H36B5O30-5. The van der Waals surface area contributed by atoms with E-state index in [1.165, 1.54) is 0 Å². The van der Waals surface area contributed by atoms with Crippen LogP contribution in [-0.4, -0.2) is 94.5 Å². The molecule has 30 nitrogen and oxygen atoms in total. The van der Waals surface area contributed by atoms with Gasteiger partial charge in [-0.1, -0.05) is 121 Å². The minimum Gasteiger partial charge on any atom is -0.611 e. The van der Waals surface area contributed by atoms with Crippen molar-refractivity contribution in [1.29, 1.82) is 0 Å². The summed E-state index contributed by atoms with van der Waals surface area (Å²) in [7, 11) is 0. The Morgan fingerprint density at radius 2 is 0.326 bits per heavy atom. The van der Waals surface area contributed by atoms with Crippen molar-refractivity contribution in [2.45, 2.75) is 12.8 Å². The summed E-state index contributed by atoms with van der Waals surface area (Å²) in [6, 6.07) is 59.0. The van der Waals surface area contributed by atoms with Gasteiger partial charge in [0.25, 0.3) is 23.9 Å². The second kappa shape index (κ2) is 23.2. The second-order valence-corrected chi connectivity index (χ2v) is 20.7. The van der Waals surface area contributed by atoms with Crippen molar-refractivity contribution >= 4 is 94.5 Å². The zero-order chi connectivity index (χ0) is 65.7. The van der Waals surface area contributed by atoms with E-state index in [1.54, 1.807) is 48.5 Å². The van der Waals surface area contributed by atoms with E-state index in [2.05, 4.69) is 37.2 Å². The number of rotatable bonds is 0. The van der Waals surface area contributed by atoms with E-state index >= 15 is 0 Å². The topological polar surface area (TPSA) is 355 Å². The molecule has 95 heavy (non-hydrogen) atoms. The molecule has 10 aliphatic heterocycles. The van der Waals surface area contributed by atoms with E-state index < -0.39 is 107 Å². The number of fused-ring (bicyclic) bond motifs is 10. The lowest BCUT2D eigenvalue weighted by Gasteiger charge is -2.45. The summed E-state index contributed by atoms with van der Waals surface area (Å²) in [6.07, 6.45) is -1.22. The minimum atomic E-state index is -3.36. The highest BCUT2D eigenvalue weighted by Crippen LogP contribution is 2.48. The van der Waals surface area contributed by atoms with Gasteiger partial charge in [-0.05, 0) is 72.8 Å². The zero-order valence-corrected chi connectivity index (χ0v) is 48.0. The van der Waals surface area contributed by atoms with E-state index in [0.717, 1.165) is 22.3 Å². The number of carbonyl (C=O) groups is 10. The van der Waals surface area contributed by atoms with Gasteiger partial charge in [0, 0.05) is 22.3 Å². The van der Waals surface area contributed by atoms with Crippen molar-refractivity contribution in [2.75, 3.05) is 0 Å². The SMILES string of the molecule is O=C1CC(=O)O[B-]2(O1)OC(=O)CC(=O)O2.O=C1O[B-]2(OC(=O)c3ccccc3O2)Oc2ccccc21.O=C1O[B-]2(OC1=O)OC(=O)C(=O)O2.c1ccc2c(c1)O[B-]1(O2)Oc2ccccc2O1.c1ccc2c(c1)O[B-]1(Oc3ccccc3-2)Oc2ccccc2-c2ccccc2O1.